The Morgan fingerprint density at radius 2 is 1.80 bits per heavy atom. The molecule has 0 aromatic heterocycles. The molecular weight excluding hydrogens is 127 g/mol. The van der Waals surface area contributed by atoms with Crippen LogP contribution in [0.15, 0.2) is 35.7 Å². The van der Waals surface area contributed by atoms with Gasteiger partial charge in [-0.2, -0.15) is 0 Å². The Morgan fingerprint density at radius 1 is 1.30 bits per heavy atom. The Kier molecular flexibility index (Phi) is 3.70. The van der Waals surface area contributed by atoms with Crippen LogP contribution in [0.1, 0.15) is 20.8 Å². The molecule has 0 radical (unpaired) electrons. The lowest BCUT2D eigenvalue weighted by Gasteiger charge is -1.97. The molecule has 0 heterocycles. The minimum absolute atomic E-state index is 0.390. The summed E-state index contributed by atoms with van der Waals surface area (Å²) in [6.45, 7) is 8.87. The second kappa shape index (κ2) is 4.04. The molecule has 0 aliphatic heterocycles. The minimum atomic E-state index is -0.390. The summed E-state index contributed by atoms with van der Waals surface area (Å²) in [4.78, 5) is 0. The Bertz CT molecular complexity index is 185. The average Bonchev–Trinajstić information content (AvgIpc) is 1.85. The lowest BCUT2D eigenvalue weighted by Crippen LogP contribution is -1.77. The third kappa shape index (κ3) is 3.23. The van der Waals surface area contributed by atoms with Gasteiger partial charge in [0.2, 0.25) is 0 Å². The summed E-state index contributed by atoms with van der Waals surface area (Å²) >= 11 is 0. The molecule has 0 unspecified atom stereocenters. The number of rotatable bonds is 2. The summed E-state index contributed by atoms with van der Waals surface area (Å²) in [5, 5.41) is 0. The highest BCUT2D eigenvalue weighted by molar-refractivity contribution is 5.30. The molecule has 0 aliphatic carbocycles. The van der Waals surface area contributed by atoms with Gasteiger partial charge in [0.15, 0.2) is 0 Å². The van der Waals surface area contributed by atoms with Gasteiger partial charge in [-0.3, -0.25) is 0 Å². The van der Waals surface area contributed by atoms with Gasteiger partial charge < -0.3 is 0 Å². The molecule has 0 saturated carbocycles. The highest BCUT2D eigenvalue weighted by atomic mass is 19.1. The quantitative estimate of drug-likeness (QED) is 0.516. The maximum atomic E-state index is 12.2. The largest absolute Gasteiger partial charge is 0.208 e. The van der Waals surface area contributed by atoms with E-state index in [-0.39, 0.29) is 0 Å². The molecule has 0 nitrogen and oxygen atoms in total. The zero-order valence-corrected chi connectivity index (χ0v) is 6.74. The van der Waals surface area contributed by atoms with E-state index in [1.165, 1.54) is 6.08 Å². The highest BCUT2D eigenvalue weighted by Gasteiger charge is 1.90. The van der Waals surface area contributed by atoms with E-state index in [1.54, 1.807) is 0 Å². The fourth-order valence-corrected chi connectivity index (χ4v) is 0.576. The molecule has 0 saturated heterocycles. The Hall–Kier alpha value is -0.850. The van der Waals surface area contributed by atoms with E-state index in [4.69, 9.17) is 0 Å². The van der Waals surface area contributed by atoms with Gasteiger partial charge in [0.1, 0.15) is 5.83 Å². The van der Waals surface area contributed by atoms with Gasteiger partial charge in [-0.1, -0.05) is 18.2 Å². The van der Waals surface area contributed by atoms with Crippen LogP contribution in [0.3, 0.4) is 0 Å². The molecule has 0 aromatic rings. The third-order valence-electron chi connectivity index (χ3n) is 1.43. The normalized spacial score (nSPS) is 13.6. The van der Waals surface area contributed by atoms with Crippen LogP contribution in [0.4, 0.5) is 4.39 Å². The number of halogens is 1. The molecule has 56 valence electrons. The zero-order chi connectivity index (χ0) is 8.15. The molecule has 0 aromatic carbocycles. The van der Waals surface area contributed by atoms with E-state index in [1.807, 2.05) is 26.8 Å². The lowest BCUT2D eigenvalue weighted by atomic mass is 10.1. The van der Waals surface area contributed by atoms with Crippen molar-refractivity contribution in [2.24, 2.45) is 0 Å². The van der Waals surface area contributed by atoms with Crippen molar-refractivity contribution in [1.82, 2.24) is 0 Å². The third-order valence-corrected chi connectivity index (χ3v) is 1.43. The summed E-state index contributed by atoms with van der Waals surface area (Å²) in [6.07, 6.45) is 3.37. The van der Waals surface area contributed by atoms with E-state index >= 15 is 0 Å². The van der Waals surface area contributed by atoms with Crippen LogP contribution in [0.25, 0.3) is 0 Å². The summed E-state index contributed by atoms with van der Waals surface area (Å²) in [6, 6.07) is 0. The number of hydrogen-bond donors (Lipinski definition) is 0. The van der Waals surface area contributed by atoms with Crippen LogP contribution < -0.4 is 0 Å². The first kappa shape index (κ1) is 9.15. The second-order valence-electron chi connectivity index (χ2n) is 2.25. The summed E-state index contributed by atoms with van der Waals surface area (Å²) in [7, 11) is 0. The van der Waals surface area contributed by atoms with E-state index in [0.29, 0.717) is 0 Å². The Labute approximate surface area is 61.8 Å². The average molecular weight is 140 g/mol. The Balaban J connectivity index is 4.35. The summed E-state index contributed by atoms with van der Waals surface area (Å²) in [5.41, 5.74) is 2.01. The molecule has 0 bridgehead atoms. The predicted molar refractivity (Wildman–Crippen MR) is 43.4 cm³/mol. The molecule has 1 heteroatoms. The van der Waals surface area contributed by atoms with Gasteiger partial charge in [-0.05, 0) is 32.4 Å². The molecule has 0 aliphatic rings. The molecule has 0 N–H and O–H groups in total. The summed E-state index contributed by atoms with van der Waals surface area (Å²) < 4.78 is 12.2. The van der Waals surface area contributed by atoms with Gasteiger partial charge in [0.05, 0.1) is 0 Å². The van der Waals surface area contributed by atoms with E-state index in [0.717, 1.165) is 11.1 Å². The highest BCUT2D eigenvalue weighted by Crippen LogP contribution is 2.10. The maximum absolute atomic E-state index is 12.2. The topological polar surface area (TPSA) is 0 Å². The van der Waals surface area contributed by atoms with Gasteiger partial charge in [-0.15, -0.1) is 0 Å². The molecule has 0 fully saturated rings. The van der Waals surface area contributed by atoms with Gasteiger partial charge >= 0.3 is 0 Å². The van der Waals surface area contributed by atoms with Crippen LogP contribution in [0.5, 0.6) is 0 Å². The van der Waals surface area contributed by atoms with Crippen molar-refractivity contribution >= 4 is 0 Å². The Morgan fingerprint density at radius 3 is 2.10 bits per heavy atom. The molecule has 0 atom stereocenters. The predicted octanol–water partition coefficient (Wildman–Crippen LogP) is 3.38. The van der Waals surface area contributed by atoms with Crippen molar-refractivity contribution in [1.29, 1.82) is 0 Å². The van der Waals surface area contributed by atoms with Gasteiger partial charge in [0, 0.05) is 0 Å². The van der Waals surface area contributed by atoms with Crippen LogP contribution in [-0.4, -0.2) is 0 Å². The smallest absolute Gasteiger partial charge is 0.116 e. The van der Waals surface area contributed by atoms with Crippen LogP contribution in [0, 0.1) is 0 Å². The second-order valence-corrected chi connectivity index (χ2v) is 2.25. The van der Waals surface area contributed by atoms with Crippen molar-refractivity contribution in [3.63, 3.8) is 0 Å². The number of allylic oxidation sites excluding steroid dienone is 5. The molecule has 10 heavy (non-hydrogen) atoms. The first-order chi connectivity index (χ1) is 4.57. The standard InChI is InChI=1S/C9H13F/c1-5-7(2)8(3)6-9(4)10/h5-6H,4H2,1-3H3/b7-5-,8-6-. The maximum Gasteiger partial charge on any atom is 0.116 e. The first-order valence-electron chi connectivity index (χ1n) is 3.24. The van der Waals surface area contributed by atoms with E-state index < -0.39 is 5.83 Å². The fraction of sp³-hybridized carbons (Fsp3) is 0.333. The van der Waals surface area contributed by atoms with Gasteiger partial charge in [0.25, 0.3) is 0 Å². The minimum Gasteiger partial charge on any atom is -0.208 e. The van der Waals surface area contributed by atoms with Crippen LogP contribution in [-0.2, 0) is 0 Å². The molecular formula is C9H13F. The van der Waals surface area contributed by atoms with Crippen LogP contribution in [0.2, 0.25) is 0 Å². The van der Waals surface area contributed by atoms with E-state index in [2.05, 4.69) is 6.58 Å². The van der Waals surface area contributed by atoms with E-state index in [9.17, 15) is 4.39 Å². The SMILES string of the molecule is C=C(F)/C=C(C)\C(C)=C/C. The first-order valence-corrected chi connectivity index (χ1v) is 3.24. The lowest BCUT2D eigenvalue weighted by molar-refractivity contribution is 0.670. The summed E-state index contributed by atoms with van der Waals surface area (Å²) in [5.74, 6) is -0.390. The van der Waals surface area contributed by atoms with Crippen molar-refractivity contribution < 1.29 is 4.39 Å². The van der Waals surface area contributed by atoms with Crippen molar-refractivity contribution in [2.45, 2.75) is 20.8 Å². The van der Waals surface area contributed by atoms with Crippen molar-refractivity contribution in [3.05, 3.63) is 35.7 Å². The van der Waals surface area contributed by atoms with Crippen LogP contribution >= 0.6 is 0 Å². The van der Waals surface area contributed by atoms with Crippen molar-refractivity contribution in [2.75, 3.05) is 0 Å². The molecule has 0 amide bonds. The van der Waals surface area contributed by atoms with Crippen molar-refractivity contribution in [3.8, 4) is 0 Å². The monoisotopic (exact) mass is 140 g/mol. The fourth-order valence-electron chi connectivity index (χ4n) is 0.576. The zero-order valence-electron chi connectivity index (χ0n) is 6.74. The molecule has 0 rings (SSSR count). The van der Waals surface area contributed by atoms with Gasteiger partial charge in [-0.25, -0.2) is 4.39 Å². The molecule has 0 spiro atoms. The number of hydrogen-bond acceptors (Lipinski definition) is 0.